The van der Waals surface area contributed by atoms with E-state index in [9.17, 15) is 4.79 Å². The number of methoxy groups -OCH3 is 2. The number of ether oxygens (including phenoxy) is 2. The average molecular weight is 290 g/mol. The molecule has 0 N–H and O–H groups in total. The summed E-state index contributed by atoms with van der Waals surface area (Å²) in [5.41, 5.74) is 4.82. The molecule has 1 saturated carbocycles. The van der Waals surface area contributed by atoms with E-state index in [2.05, 4.69) is 32.9 Å². The normalized spacial score (nSPS) is 25.3. The lowest BCUT2D eigenvalue weighted by molar-refractivity contribution is -0.127. The SMILES string of the molecule is COC1CCC(C(=O)Cc2c(C)cc(C)cc2C)C1OC. The molecule has 3 nitrogen and oxygen atoms in total. The van der Waals surface area contributed by atoms with Crippen molar-refractivity contribution in [1.29, 1.82) is 0 Å². The van der Waals surface area contributed by atoms with E-state index in [1.807, 2.05) is 0 Å². The summed E-state index contributed by atoms with van der Waals surface area (Å²) in [5, 5.41) is 0. The largest absolute Gasteiger partial charge is 0.379 e. The summed E-state index contributed by atoms with van der Waals surface area (Å²) in [7, 11) is 3.36. The molecule has 3 atom stereocenters. The Morgan fingerprint density at radius 3 is 2.24 bits per heavy atom. The van der Waals surface area contributed by atoms with Crippen molar-refractivity contribution in [3.63, 3.8) is 0 Å². The van der Waals surface area contributed by atoms with Crippen LogP contribution >= 0.6 is 0 Å². The van der Waals surface area contributed by atoms with E-state index in [4.69, 9.17) is 9.47 Å². The molecule has 1 aromatic carbocycles. The molecule has 3 heteroatoms. The smallest absolute Gasteiger partial charge is 0.143 e. The lowest BCUT2D eigenvalue weighted by Crippen LogP contribution is -2.34. The first-order valence-electron chi connectivity index (χ1n) is 7.63. The Balaban J connectivity index is 2.15. The third-order valence-electron chi connectivity index (χ3n) is 4.71. The van der Waals surface area contributed by atoms with Crippen molar-refractivity contribution >= 4 is 5.78 Å². The number of rotatable bonds is 5. The molecule has 0 bridgehead atoms. The molecule has 0 aliphatic heterocycles. The first kappa shape index (κ1) is 16.2. The zero-order valence-electron chi connectivity index (χ0n) is 13.7. The monoisotopic (exact) mass is 290 g/mol. The van der Waals surface area contributed by atoms with Crippen molar-refractivity contribution < 1.29 is 14.3 Å². The van der Waals surface area contributed by atoms with Crippen LogP contribution in [-0.2, 0) is 20.7 Å². The number of Topliss-reactive ketones (excluding diaryl/α,β-unsaturated/α-hetero) is 1. The fourth-order valence-corrected chi connectivity index (χ4v) is 3.64. The second kappa shape index (κ2) is 6.71. The van der Waals surface area contributed by atoms with Crippen molar-refractivity contribution in [2.45, 2.75) is 52.2 Å². The molecule has 3 unspecified atom stereocenters. The van der Waals surface area contributed by atoms with Crippen molar-refractivity contribution in [3.8, 4) is 0 Å². The minimum Gasteiger partial charge on any atom is -0.379 e. The van der Waals surface area contributed by atoms with E-state index in [-0.39, 0.29) is 23.9 Å². The van der Waals surface area contributed by atoms with Gasteiger partial charge in [0, 0.05) is 26.6 Å². The van der Waals surface area contributed by atoms with Crippen molar-refractivity contribution in [1.82, 2.24) is 0 Å². The van der Waals surface area contributed by atoms with E-state index in [1.54, 1.807) is 14.2 Å². The van der Waals surface area contributed by atoms with E-state index >= 15 is 0 Å². The summed E-state index contributed by atoms with van der Waals surface area (Å²) in [6.07, 6.45) is 2.20. The van der Waals surface area contributed by atoms with Gasteiger partial charge in [-0.3, -0.25) is 4.79 Å². The van der Waals surface area contributed by atoms with E-state index < -0.39 is 0 Å². The molecular weight excluding hydrogens is 264 g/mol. The van der Waals surface area contributed by atoms with Gasteiger partial charge in [-0.05, 0) is 50.3 Å². The molecule has 1 aliphatic rings. The molecule has 0 radical (unpaired) electrons. The maximum absolute atomic E-state index is 12.7. The average Bonchev–Trinajstić information content (AvgIpc) is 2.85. The highest BCUT2D eigenvalue weighted by molar-refractivity contribution is 5.85. The van der Waals surface area contributed by atoms with Gasteiger partial charge >= 0.3 is 0 Å². The Labute approximate surface area is 127 Å². The van der Waals surface area contributed by atoms with Crippen LogP contribution in [0.5, 0.6) is 0 Å². The number of carbonyl (C=O) groups excluding carboxylic acids is 1. The summed E-state index contributed by atoms with van der Waals surface area (Å²) in [6, 6.07) is 4.30. The predicted molar refractivity (Wildman–Crippen MR) is 83.7 cm³/mol. The van der Waals surface area contributed by atoms with Gasteiger partial charge in [0.05, 0.1) is 12.2 Å². The van der Waals surface area contributed by atoms with Gasteiger partial charge in [0.25, 0.3) is 0 Å². The highest BCUT2D eigenvalue weighted by Crippen LogP contribution is 2.32. The minimum absolute atomic E-state index is 0.0416. The summed E-state index contributed by atoms with van der Waals surface area (Å²) in [6.45, 7) is 6.26. The quantitative estimate of drug-likeness (QED) is 0.835. The highest BCUT2D eigenvalue weighted by Gasteiger charge is 2.40. The summed E-state index contributed by atoms with van der Waals surface area (Å²) >= 11 is 0. The van der Waals surface area contributed by atoms with Crippen LogP contribution in [-0.4, -0.2) is 32.2 Å². The molecule has 1 aliphatic carbocycles. The summed E-state index contributed by atoms with van der Waals surface area (Å²) < 4.78 is 11.0. The summed E-state index contributed by atoms with van der Waals surface area (Å²) in [5.74, 6) is 0.233. The zero-order chi connectivity index (χ0) is 15.6. The van der Waals surface area contributed by atoms with Gasteiger partial charge in [-0.1, -0.05) is 17.7 Å². The zero-order valence-corrected chi connectivity index (χ0v) is 13.7. The fourth-order valence-electron chi connectivity index (χ4n) is 3.64. The second-order valence-electron chi connectivity index (χ2n) is 6.18. The van der Waals surface area contributed by atoms with Crippen LogP contribution < -0.4 is 0 Å². The summed E-state index contributed by atoms with van der Waals surface area (Å²) in [4.78, 5) is 12.7. The molecule has 0 spiro atoms. The van der Waals surface area contributed by atoms with Crippen molar-refractivity contribution in [3.05, 3.63) is 34.4 Å². The number of ketones is 1. The molecule has 0 saturated heterocycles. The standard InChI is InChI=1S/C18H26O3/c1-11-8-12(2)15(13(3)9-11)10-16(19)14-6-7-17(20-4)18(14)21-5/h8-9,14,17-18H,6-7,10H2,1-5H3. The first-order valence-corrected chi connectivity index (χ1v) is 7.63. The second-order valence-corrected chi connectivity index (χ2v) is 6.18. The first-order chi connectivity index (χ1) is 9.97. The van der Waals surface area contributed by atoms with Gasteiger partial charge in [-0.15, -0.1) is 0 Å². The number of carbonyl (C=O) groups is 1. The Morgan fingerprint density at radius 1 is 1.10 bits per heavy atom. The molecule has 1 fully saturated rings. The third-order valence-corrected chi connectivity index (χ3v) is 4.71. The van der Waals surface area contributed by atoms with E-state index in [1.165, 1.54) is 22.3 Å². The Bertz CT molecular complexity index is 498. The molecule has 2 rings (SSSR count). The number of benzene rings is 1. The molecule has 116 valence electrons. The highest BCUT2D eigenvalue weighted by atomic mass is 16.5. The molecule has 0 amide bonds. The fraction of sp³-hybridized carbons (Fsp3) is 0.611. The van der Waals surface area contributed by atoms with E-state index in [0.717, 1.165) is 12.8 Å². The van der Waals surface area contributed by atoms with Gasteiger partial charge in [0.1, 0.15) is 5.78 Å². The van der Waals surface area contributed by atoms with Crippen LogP contribution in [0, 0.1) is 26.7 Å². The van der Waals surface area contributed by atoms with Crippen LogP contribution in [0.2, 0.25) is 0 Å². The molecule has 0 aromatic heterocycles. The Hall–Kier alpha value is -1.19. The predicted octanol–water partition coefficient (Wildman–Crippen LogP) is 3.16. The molecular formula is C18H26O3. The van der Waals surface area contributed by atoms with Crippen LogP contribution in [0.1, 0.15) is 35.1 Å². The van der Waals surface area contributed by atoms with Crippen LogP contribution in [0.4, 0.5) is 0 Å². The third kappa shape index (κ3) is 3.35. The van der Waals surface area contributed by atoms with E-state index in [0.29, 0.717) is 6.42 Å². The maximum Gasteiger partial charge on any atom is 0.143 e. The van der Waals surface area contributed by atoms with Gasteiger partial charge < -0.3 is 9.47 Å². The van der Waals surface area contributed by atoms with Gasteiger partial charge in [0.15, 0.2) is 0 Å². The number of hydrogen-bond acceptors (Lipinski definition) is 3. The Morgan fingerprint density at radius 2 is 1.71 bits per heavy atom. The van der Waals surface area contributed by atoms with Crippen LogP contribution in [0.3, 0.4) is 0 Å². The van der Waals surface area contributed by atoms with Crippen molar-refractivity contribution in [2.24, 2.45) is 5.92 Å². The van der Waals surface area contributed by atoms with Crippen molar-refractivity contribution in [2.75, 3.05) is 14.2 Å². The Kier molecular flexibility index (Phi) is 5.17. The number of aryl methyl sites for hydroxylation is 3. The van der Waals surface area contributed by atoms with Gasteiger partial charge in [-0.2, -0.15) is 0 Å². The number of hydrogen-bond donors (Lipinski definition) is 0. The minimum atomic E-state index is -0.103. The lowest BCUT2D eigenvalue weighted by atomic mass is 9.90. The van der Waals surface area contributed by atoms with Gasteiger partial charge in [0.2, 0.25) is 0 Å². The topological polar surface area (TPSA) is 35.5 Å². The molecule has 0 heterocycles. The van der Waals surface area contributed by atoms with Gasteiger partial charge in [-0.25, -0.2) is 0 Å². The molecule has 21 heavy (non-hydrogen) atoms. The van der Waals surface area contributed by atoms with Crippen LogP contribution in [0.15, 0.2) is 12.1 Å². The maximum atomic E-state index is 12.7. The molecule has 1 aromatic rings. The lowest BCUT2D eigenvalue weighted by Gasteiger charge is -2.22. The van der Waals surface area contributed by atoms with Crippen LogP contribution in [0.25, 0.3) is 0 Å².